The number of nitrogens with one attached hydrogen (secondary N) is 2. The van der Waals surface area contributed by atoms with Gasteiger partial charge in [-0.1, -0.05) is 51.8 Å². The van der Waals surface area contributed by atoms with Crippen molar-refractivity contribution in [2.45, 2.75) is 6.92 Å². The largest absolute Gasteiger partial charge is 0.422 e. The normalized spacial score (nSPS) is 10.5. The first-order chi connectivity index (χ1) is 14.9. The Morgan fingerprint density at radius 2 is 1.65 bits per heavy atom. The maximum Gasteiger partial charge on any atom is 0.343 e. The third-order valence-corrected chi connectivity index (χ3v) is 4.56. The van der Waals surface area contributed by atoms with Crippen molar-refractivity contribution < 1.29 is 19.1 Å². The van der Waals surface area contributed by atoms with Crippen molar-refractivity contribution in [1.82, 2.24) is 5.43 Å². The van der Waals surface area contributed by atoms with E-state index in [4.69, 9.17) is 4.74 Å². The van der Waals surface area contributed by atoms with Crippen molar-refractivity contribution in [3.05, 3.63) is 94.0 Å². The highest BCUT2D eigenvalue weighted by Crippen LogP contribution is 2.23. The van der Waals surface area contributed by atoms with Gasteiger partial charge in [-0.05, 0) is 49.4 Å². The molecule has 8 heteroatoms. The Balaban J connectivity index is 1.66. The molecule has 2 N–H and O–H groups in total. The lowest BCUT2D eigenvalue weighted by atomic mass is 10.1. The maximum atomic E-state index is 12.4. The van der Waals surface area contributed by atoms with Gasteiger partial charge in [0.1, 0.15) is 5.75 Å². The van der Waals surface area contributed by atoms with Crippen LogP contribution in [-0.2, 0) is 9.59 Å². The average Bonchev–Trinajstić information content (AvgIpc) is 2.76. The van der Waals surface area contributed by atoms with Crippen LogP contribution in [0.2, 0.25) is 0 Å². The first kappa shape index (κ1) is 21.9. The van der Waals surface area contributed by atoms with Gasteiger partial charge in [-0.2, -0.15) is 5.10 Å². The third kappa shape index (κ3) is 6.35. The number of carbonyl (C=O) groups excluding carboxylic acids is 3. The summed E-state index contributed by atoms with van der Waals surface area (Å²) in [6.45, 7) is 1.92. The maximum absolute atomic E-state index is 12.4. The minimum Gasteiger partial charge on any atom is -0.422 e. The van der Waals surface area contributed by atoms with E-state index in [1.165, 1.54) is 6.21 Å². The lowest BCUT2D eigenvalue weighted by Gasteiger charge is -2.08. The van der Waals surface area contributed by atoms with Gasteiger partial charge < -0.3 is 10.1 Å². The molecule has 0 fully saturated rings. The van der Waals surface area contributed by atoms with E-state index < -0.39 is 17.8 Å². The first-order valence-corrected chi connectivity index (χ1v) is 9.99. The van der Waals surface area contributed by atoms with Crippen molar-refractivity contribution in [2.75, 3.05) is 5.32 Å². The summed E-state index contributed by atoms with van der Waals surface area (Å²) >= 11 is 3.34. The Labute approximate surface area is 187 Å². The number of carbonyl (C=O) groups is 3. The second kappa shape index (κ2) is 10.3. The molecule has 3 aromatic rings. The quantitative estimate of drug-likeness (QED) is 0.189. The zero-order valence-corrected chi connectivity index (χ0v) is 18.0. The smallest absolute Gasteiger partial charge is 0.343 e. The standard InChI is InChI=1S/C23H18BrN3O4/c1-15-7-9-16(10-8-15)23(30)31-20-12-11-18(24)13-17(20)14-25-27-22(29)21(28)26-19-5-3-2-4-6-19/h2-14H,1H3,(H,26,28)(H,27,29)/b25-14-. The SMILES string of the molecule is Cc1ccc(C(=O)Oc2ccc(Br)cc2/C=N\NC(=O)C(=O)Nc2ccccc2)cc1. The van der Waals surface area contributed by atoms with Crippen LogP contribution in [0, 0.1) is 6.92 Å². The Hall–Kier alpha value is -3.78. The predicted octanol–water partition coefficient (Wildman–Crippen LogP) is 4.07. The number of anilines is 1. The number of esters is 1. The minimum absolute atomic E-state index is 0.250. The molecule has 31 heavy (non-hydrogen) atoms. The number of ether oxygens (including phenoxy) is 1. The van der Waals surface area contributed by atoms with Crippen LogP contribution in [0.1, 0.15) is 21.5 Å². The molecular formula is C23H18BrN3O4. The van der Waals surface area contributed by atoms with Gasteiger partial charge in [0, 0.05) is 15.7 Å². The van der Waals surface area contributed by atoms with E-state index in [0.29, 0.717) is 16.8 Å². The highest BCUT2D eigenvalue weighted by molar-refractivity contribution is 9.10. The molecule has 0 saturated carbocycles. The van der Waals surface area contributed by atoms with E-state index in [2.05, 4.69) is 31.8 Å². The molecule has 0 spiro atoms. The topological polar surface area (TPSA) is 96.9 Å². The number of benzene rings is 3. The lowest BCUT2D eigenvalue weighted by molar-refractivity contribution is -0.136. The number of hydrogen-bond acceptors (Lipinski definition) is 5. The van der Waals surface area contributed by atoms with Gasteiger partial charge in [-0.3, -0.25) is 9.59 Å². The van der Waals surface area contributed by atoms with Crippen molar-refractivity contribution in [3.63, 3.8) is 0 Å². The highest BCUT2D eigenvalue weighted by Gasteiger charge is 2.14. The van der Waals surface area contributed by atoms with E-state index in [-0.39, 0.29) is 5.75 Å². The summed E-state index contributed by atoms with van der Waals surface area (Å²) in [7, 11) is 0. The van der Waals surface area contributed by atoms with Crippen LogP contribution in [0.3, 0.4) is 0 Å². The van der Waals surface area contributed by atoms with Gasteiger partial charge in [0.2, 0.25) is 0 Å². The summed E-state index contributed by atoms with van der Waals surface area (Å²) in [4.78, 5) is 36.3. The monoisotopic (exact) mass is 479 g/mol. The van der Waals surface area contributed by atoms with E-state index >= 15 is 0 Å². The summed E-state index contributed by atoms with van der Waals surface area (Å²) in [5.74, 6) is -2.07. The number of hydrogen-bond donors (Lipinski definition) is 2. The Kier molecular flexibility index (Phi) is 7.29. The van der Waals surface area contributed by atoms with Crippen molar-refractivity contribution in [1.29, 1.82) is 0 Å². The Morgan fingerprint density at radius 3 is 2.35 bits per heavy atom. The van der Waals surface area contributed by atoms with Crippen LogP contribution in [-0.4, -0.2) is 24.0 Å². The van der Waals surface area contributed by atoms with Crippen LogP contribution in [0.15, 0.2) is 82.4 Å². The van der Waals surface area contributed by atoms with Gasteiger partial charge in [-0.25, -0.2) is 10.2 Å². The highest BCUT2D eigenvalue weighted by atomic mass is 79.9. The number of rotatable bonds is 5. The predicted molar refractivity (Wildman–Crippen MR) is 121 cm³/mol. The van der Waals surface area contributed by atoms with Gasteiger partial charge in [0.25, 0.3) is 0 Å². The van der Waals surface area contributed by atoms with Crippen LogP contribution in [0.4, 0.5) is 5.69 Å². The van der Waals surface area contributed by atoms with Crippen LogP contribution < -0.4 is 15.5 Å². The fraction of sp³-hybridized carbons (Fsp3) is 0.0435. The average molecular weight is 480 g/mol. The molecule has 0 saturated heterocycles. The van der Waals surface area contributed by atoms with Gasteiger partial charge in [0.05, 0.1) is 11.8 Å². The number of nitrogens with zero attached hydrogens (tertiary/aromatic N) is 1. The second-order valence-electron chi connectivity index (χ2n) is 6.46. The molecule has 0 atom stereocenters. The summed E-state index contributed by atoms with van der Waals surface area (Å²) < 4.78 is 6.19. The fourth-order valence-corrected chi connectivity index (χ4v) is 2.86. The summed E-state index contributed by atoms with van der Waals surface area (Å²) in [5.41, 5.74) is 4.50. The molecule has 0 radical (unpaired) electrons. The van der Waals surface area contributed by atoms with Crippen LogP contribution in [0.5, 0.6) is 5.75 Å². The molecule has 2 amide bonds. The molecule has 3 aromatic carbocycles. The summed E-state index contributed by atoms with van der Waals surface area (Å²) in [6, 6.07) is 20.5. The fourth-order valence-electron chi connectivity index (χ4n) is 2.48. The molecule has 7 nitrogen and oxygen atoms in total. The number of amides is 2. The molecule has 0 bridgehead atoms. The van der Waals surface area contributed by atoms with E-state index in [0.717, 1.165) is 10.0 Å². The molecule has 0 aliphatic heterocycles. The summed E-state index contributed by atoms with van der Waals surface area (Å²) in [6.07, 6.45) is 1.29. The van der Waals surface area contributed by atoms with Crippen molar-refractivity contribution in [2.24, 2.45) is 5.10 Å². The zero-order valence-electron chi connectivity index (χ0n) is 16.5. The summed E-state index contributed by atoms with van der Waals surface area (Å²) in [5, 5.41) is 6.26. The number of hydrazone groups is 1. The third-order valence-electron chi connectivity index (χ3n) is 4.07. The van der Waals surface area contributed by atoms with Crippen LogP contribution >= 0.6 is 15.9 Å². The molecule has 0 aromatic heterocycles. The van der Waals surface area contributed by atoms with Gasteiger partial charge in [-0.15, -0.1) is 0 Å². The Bertz CT molecular complexity index is 1130. The molecular weight excluding hydrogens is 462 g/mol. The molecule has 3 rings (SSSR count). The van der Waals surface area contributed by atoms with Crippen molar-refractivity contribution >= 4 is 45.6 Å². The van der Waals surface area contributed by atoms with Crippen molar-refractivity contribution in [3.8, 4) is 5.75 Å². The van der Waals surface area contributed by atoms with Gasteiger partial charge >= 0.3 is 17.8 Å². The minimum atomic E-state index is -0.937. The number of para-hydroxylation sites is 1. The lowest BCUT2D eigenvalue weighted by Crippen LogP contribution is -2.32. The van der Waals surface area contributed by atoms with E-state index in [9.17, 15) is 14.4 Å². The van der Waals surface area contributed by atoms with E-state index in [1.54, 1.807) is 60.7 Å². The van der Waals surface area contributed by atoms with Crippen LogP contribution in [0.25, 0.3) is 0 Å². The molecule has 0 aliphatic carbocycles. The second-order valence-corrected chi connectivity index (χ2v) is 7.37. The number of halogens is 1. The first-order valence-electron chi connectivity index (χ1n) is 9.20. The molecule has 0 unspecified atom stereocenters. The van der Waals surface area contributed by atoms with Gasteiger partial charge in [0.15, 0.2) is 0 Å². The molecule has 0 aliphatic rings. The van der Waals surface area contributed by atoms with E-state index in [1.807, 2.05) is 19.1 Å². The molecule has 156 valence electrons. The zero-order chi connectivity index (χ0) is 22.2. The molecule has 0 heterocycles. The number of aryl methyl sites for hydroxylation is 1. The Morgan fingerprint density at radius 1 is 0.935 bits per heavy atom.